The van der Waals surface area contributed by atoms with Gasteiger partial charge in [-0.15, -0.1) is 0 Å². The van der Waals surface area contributed by atoms with Crippen LogP contribution < -0.4 is 0 Å². The van der Waals surface area contributed by atoms with E-state index in [2.05, 4.69) is 0 Å². The quantitative estimate of drug-likeness (QED) is 0.831. The highest BCUT2D eigenvalue weighted by Gasteiger charge is 2.32. The molecule has 0 saturated heterocycles. The number of hydrogen-bond acceptors (Lipinski definition) is 2. The Kier molecular flexibility index (Phi) is 3.18. The molecule has 6 heteroatoms. The minimum Gasteiger partial charge on any atom is -0.207 e. The van der Waals surface area contributed by atoms with Crippen molar-refractivity contribution in [2.75, 3.05) is 13.6 Å². The number of sulfonamides is 1. The van der Waals surface area contributed by atoms with E-state index in [1.165, 1.54) is 7.05 Å². The molecule has 1 aromatic carbocycles. The molecule has 0 bridgehead atoms. The average molecular weight is 261 g/mol. The molecule has 0 amide bonds. The van der Waals surface area contributed by atoms with Gasteiger partial charge in [0.1, 0.15) is 11.6 Å². The molecule has 0 atom stereocenters. The molecule has 1 aliphatic carbocycles. The SMILES string of the molecule is CN(CC1CC1)S(=O)(=O)c1c(F)cccc1F. The van der Waals surface area contributed by atoms with Crippen LogP contribution in [0.4, 0.5) is 8.78 Å². The lowest BCUT2D eigenvalue weighted by atomic mass is 10.3. The summed E-state index contributed by atoms with van der Waals surface area (Å²) in [5.74, 6) is -1.77. The molecule has 1 aliphatic rings. The molecule has 94 valence electrons. The van der Waals surface area contributed by atoms with Crippen LogP contribution in [0, 0.1) is 17.6 Å². The van der Waals surface area contributed by atoms with Crippen LogP contribution in [-0.4, -0.2) is 26.3 Å². The van der Waals surface area contributed by atoms with Crippen molar-refractivity contribution in [3.05, 3.63) is 29.8 Å². The number of nitrogens with zero attached hydrogens (tertiary/aromatic N) is 1. The second kappa shape index (κ2) is 4.34. The van der Waals surface area contributed by atoms with Crippen molar-refractivity contribution < 1.29 is 17.2 Å². The Bertz CT molecular complexity index is 506. The first kappa shape index (κ1) is 12.4. The lowest BCUT2D eigenvalue weighted by molar-refractivity contribution is 0.438. The first-order valence-electron chi connectivity index (χ1n) is 5.33. The van der Waals surface area contributed by atoms with Gasteiger partial charge in [-0.2, -0.15) is 0 Å². The minimum atomic E-state index is -4.07. The predicted molar refractivity (Wildman–Crippen MR) is 58.9 cm³/mol. The highest BCUT2D eigenvalue weighted by molar-refractivity contribution is 7.89. The number of hydrogen-bond donors (Lipinski definition) is 0. The third-order valence-electron chi connectivity index (χ3n) is 2.80. The van der Waals surface area contributed by atoms with E-state index < -0.39 is 26.6 Å². The zero-order chi connectivity index (χ0) is 12.6. The summed E-state index contributed by atoms with van der Waals surface area (Å²) >= 11 is 0. The van der Waals surface area contributed by atoms with E-state index in [9.17, 15) is 17.2 Å². The zero-order valence-corrected chi connectivity index (χ0v) is 10.2. The Morgan fingerprint density at radius 1 is 1.29 bits per heavy atom. The smallest absolute Gasteiger partial charge is 0.207 e. The number of rotatable bonds is 4. The Balaban J connectivity index is 2.36. The van der Waals surface area contributed by atoms with Gasteiger partial charge in [0.15, 0.2) is 4.90 Å². The molecular weight excluding hydrogens is 248 g/mol. The van der Waals surface area contributed by atoms with E-state index >= 15 is 0 Å². The molecule has 2 rings (SSSR count). The Labute approximate surface area is 99.1 Å². The van der Waals surface area contributed by atoms with Gasteiger partial charge in [-0.25, -0.2) is 21.5 Å². The van der Waals surface area contributed by atoms with Crippen molar-refractivity contribution in [2.24, 2.45) is 5.92 Å². The lowest BCUT2D eigenvalue weighted by Crippen LogP contribution is -2.30. The summed E-state index contributed by atoms with van der Waals surface area (Å²) in [6.45, 7) is 0.316. The first-order chi connectivity index (χ1) is 7.93. The van der Waals surface area contributed by atoms with Crippen LogP contribution in [-0.2, 0) is 10.0 Å². The lowest BCUT2D eigenvalue weighted by Gasteiger charge is -2.17. The monoisotopic (exact) mass is 261 g/mol. The Hall–Kier alpha value is -1.01. The Morgan fingerprint density at radius 3 is 2.29 bits per heavy atom. The van der Waals surface area contributed by atoms with Gasteiger partial charge in [-0.05, 0) is 30.9 Å². The summed E-state index contributed by atoms with van der Waals surface area (Å²) in [6, 6.07) is 3.03. The van der Waals surface area contributed by atoms with Crippen molar-refractivity contribution in [1.82, 2.24) is 4.31 Å². The molecule has 1 saturated carbocycles. The van der Waals surface area contributed by atoms with Gasteiger partial charge in [0, 0.05) is 13.6 Å². The minimum absolute atomic E-state index is 0.316. The number of halogens is 2. The molecule has 1 aromatic rings. The molecule has 0 radical (unpaired) electrons. The van der Waals surface area contributed by atoms with E-state index in [0.717, 1.165) is 35.3 Å². The van der Waals surface area contributed by atoms with Crippen molar-refractivity contribution in [3.63, 3.8) is 0 Å². The summed E-state index contributed by atoms with van der Waals surface area (Å²) in [5.41, 5.74) is 0. The molecule has 0 unspecified atom stereocenters. The molecule has 0 aromatic heterocycles. The standard InChI is InChI=1S/C11H13F2NO2S/c1-14(7-8-5-6-8)17(15,16)11-9(12)3-2-4-10(11)13/h2-4,8H,5-7H2,1H3. The summed E-state index contributed by atoms with van der Waals surface area (Å²) in [5, 5.41) is 0. The van der Waals surface area contributed by atoms with E-state index in [4.69, 9.17) is 0 Å². The molecule has 0 aliphatic heterocycles. The van der Waals surface area contributed by atoms with E-state index in [1.54, 1.807) is 0 Å². The highest BCUT2D eigenvalue weighted by atomic mass is 32.2. The van der Waals surface area contributed by atoms with E-state index in [-0.39, 0.29) is 0 Å². The van der Waals surface area contributed by atoms with Crippen LogP contribution in [0.5, 0.6) is 0 Å². The molecular formula is C11H13F2NO2S. The van der Waals surface area contributed by atoms with Gasteiger partial charge in [0.05, 0.1) is 0 Å². The van der Waals surface area contributed by atoms with Gasteiger partial charge in [0.2, 0.25) is 10.0 Å². The van der Waals surface area contributed by atoms with Crippen molar-refractivity contribution in [3.8, 4) is 0 Å². The molecule has 3 nitrogen and oxygen atoms in total. The number of benzene rings is 1. The highest BCUT2D eigenvalue weighted by Crippen LogP contribution is 2.31. The predicted octanol–water partition coefficient (Wildman–Crippen LogP) is 2.00. The van der Waals surface area contributed by atoms with Crippen LogP contribution in [0.15, 0.2) is 23.1 Å². The second-order valence-corrected chi connectivity index (χ2v) is 6.26. The van der Waals surface area contributed by atoms with Crippen LogP contribution >= 0.6 is 0 Å². The van der Waals surface area contributed by atoms with Crippen LogP contribution in [0.25, 0.3) is 0 Å². The third-order valence-corrected chi connectivity index (χ3v) is 4.68. The molecule has 0 heterocycles. The van der Waals surface area contributed by atoms with E-state index in [1.807, 2.05) is 0 Å². The first-order valence-corrected chi connectivity index (χ1v) is 6.77. The fraction of sp³-hybridized carbons (Fsp3) is 0.455. The summed E-state index contributed by atoms with van der Waals surface area (Å²) in [7, 11) is -2.73. The van der Waals surface area contributed by atoms with Gasteiger partial charge < -0.3 is 0 Å². The van der Waals surface area contributed by atoms with Gasteiger partial charge in [0.25, 0.3) is 0 Å². The van der Waals surface area contributed by atoms with Crippen LogP contribution in [0.2, 0.25) is 0 Å². The van der Waals surface area contributed by atoms with Crippen LogP contribution in [0.1, 0.15) is 12.8 Å². The van der Waals surface area contributed by atoms with Crippen LogP contribution in [0.3, 0.4) is 0 Å². The fourth-order valence-corrected chi connectivity index (χ4v) is 2.99. The van der Waals surface area contributed by atoms with Crippen molar-refractivity contribution >= 4 is 10.0 Å². The molecule has 1 fully saturated rings. The summed E-state index contributed by atoms with van der Waals surface area (Å²) in [6.07, 6.45) is 1.94. The molecule has 0 N–H and O–H groups in total. The normalized spacial score (nSPS) is 16.5. The van der Waals surface area contributed by atoms with Gasteiger partial charge in [-0.1, -0.05) is 6.07 Å². The van der Waals surface area contributed by atoms with Gasteiger partial charge >= 0.3 is 0 Å². The fourth-order valence-electron chi connectivity index (χ4n) is 1.65. The van der Waals surface area contributed by atoms with E-state index in [0.29, 0.717) is 12.5 Å². The van der Waals surface area contributed by atoms with Crippen molar-refractivity contribution in [1.29, 1.82) is 0 Å². The van der Waals surface area contributed by atoms with Gasteiger partial charge in [-0.3, -0.25) is 0 Å². The maximum Gasteiger partial charge on any atom is 0.248 e. The average Bonchev–Trinajstić information content (AvgIpc) is 3.00. The second-order valence-electron chi connectivity index (χ2n) is 4.28. The third kappa shape index (κ3) is 2.47. The molecule has 0 spiro atoms. The molecule has 17 heavy (non-hydrogen) atoms. The summed E-state index contributed by atoms with van der Waals surface area (Å²) < 4.78 is 51.8. The maximum absolute atomic E-state index is 13.4. The zero-order valence-electron chi connectivity index (χ0n) is 9.36. The maximum atomic E-state index is 13.4. The largest absolute Gasteiger partial charge is 0.248 e. The van der Waals surface area contributed by atoms with Crippen molar-refractivity contribution in [2.45, 2.75) is 17.7 Å². The Morgan fingerprint density at radius 2 is 1.82 bits per heavy atom. The summed E-state index contributed by atoms with van der Waals surface area (Å²) in [4.78, 5) is -0.858. The topological polar surface area (TPSA) is 37.4 Å².